The zero-order chi connectivity index (χ0) is 25.9. The topological polar surface area (TPSA) is 104 Å². The largest absolute Gasteiger partial charge is 0.481 e. The molecule has 1 fully saturated rings. The molecule has 1 saturated heterocycles. The van der Waals surface area contributed by atoms with Crippen molar-refractivity contribution in [2.24, 2.45) is 4.99 Å². The van der Waals surface area contributed by atoms with E-state index in [-0.39, 0.29) is 30.8 Å². The number of aromatic nitrogens is 1. The molecule has 4 rings (SSSR count). The molecule has 36 heavy (non-hydrogen) atoms. The number of benzene rings is 1. The van der Waals surface area contributed by atoms with E-state index in [9.17, 15) is 14.0 Å². The summed E-state index contributed by atoms with van der Waals surface area (Å²) in [5, 5.41) is 15.4. The number of aliphatic carboxylic acids is 1. The number of carboxylic acids is 1. The SMILES string of the molecule is CCOC(=O)C1=C(CN2CCSCC2CCC(=O)O)NC(c2nccs2)=NC1.Fc1cccc(Cl)c1. The fraction of sp³-hybridized carbons (Fsp3) is 0.417. The van der Waals surface area contributed by atoms with E-state index in [4.69, 9.17) is 21.4 Å². The molecule has 2 aliphatic rings. The van der Waals surface area contributed by atoms with Crippen LogP contribution in [0.25, 0.3) is 0 Å². The predicted molar refractivity (Wildman–Crippen MR) is 141 cm³/mol. The van der Waals surface area contributed by atoms with Crippen molar-refractivity contribution in [3.8, 4) is 0 Å². The molecule has 0 amide bonds. The minimum absolute atomic E-state index is 0.144. The Kier molecular flexibility index (Phi) is 11.2. The van der Waals surface area contributed by atoms with Gasteiger partial charge >= 0.3 is 11.9 Å². The molecule has 8 nitrogen and oxygen atoms in total. The molecule has 0 radical (unpaired) electrons. The van der Waals surface area contributed by atoms with Gasteiger partial charge in [0.05, 0.1) is 18.7 Å². The molecule has 2 aliphatic heterocycles. The van der Waals surface area contributed by atoms with Gasteiger partial charge in [0.25, 0.3) is 0 Å². The van der Waals surface area contributed by atoms with E-state index in [0.717, 1.165) is 28.8 Å². The van der Waals surface area contributed by atoms with Crippen LogP contribution in [0.15, 0.2) is 52.1 Å². The number of ether oxygens (including phenoxy) is 1. The van der Waals surface area contributed by atoms with E-state index in [1.54, 1.807) is 25.3 Å². The molecule has 1 unspecified atom stereocenters. The Morgan fingerprint density at radius 1 is 1.39 bits per heavy atom. The van der Waals surface area contributed by atoms with Gasteiger partial charge in [0.15, 0.2) is 10.8 Å². The Labute approximate surface area is 222 Å². The molecule has 0 aliphatic carbocycles. The molecule has 1 atom stereocenters. The fourth-order valence-electron chi connectivity index (χ4n) is 3.63. The summed E-state index contributed by atoms with van der Waals surface area (Å²) < 4.78 is 17.3. The summed E-state index contributed by atoms with van der Waals surface area (Å²) in [7, 11) is 0. The maximum absolute atomic E-state index is 12.4. The predicted octanol–water partition coefficient (Wildman–Crippen LogP) is 4.07. The number of hydrogen-bond donors (Lipinski definition) is 2. The molecule has 12 heteroatoms. The Morgan fingerprint density at radius 3 is 2.86 bits per heavy atom. The first-order valence-electron chi connectivity index (χ1n) is 11.4. The van der Waals surface area contributed by atoms with Crippen LogP contribution < -0.4 is 5.32 Å². The van der Waals surface area contributed by atoms with Crippen LogP contribution in [0, 0.1) is 5.82 Å². The maximum atomic E-state index is 12.4. The maximum Gasteiger partial charge on any atom is 0.337 e. The highest BCUT2D eigenvalue weighted by Crippen LogP contribution is 2.23. The number of thioether (sulfide) groups is 1. The number of amidine groups is 1. The highest BCUT2D eigenvalue weighted by atomic mass is 35.5. The lowest BCUT2D eigenvalue weighted by molar-refractivity contribution is -0.139. The number of rotatable bonds is 8. The molecule has 0 bridgehead atoms. The minimum atomic E-state index is -0.782. The summed E-state index contributed by atoms with van der Waals surface area (Å²) in [4.78, 5) is 34.5. The van der Waals surface area contributed by atoms with Gasteiger partial charge in [-0.25, -0.2) is 14.2 Å². The molecular formula is C24H28ClFN4O4S2. The summed E-state index contributed by atoms with van der Waals surface area (Å²) in [6.45, 7) is 3.71. The second-order valence-corrected chi connectivity index (χ2v) is 10.4. The summed E-state index contributed by atoms with van der Waals surface area (Å²) >= 11 is 8.73. The lowest BCUT2D eigenvalue weighted by atomic mass is 10.1. The number of halogens is 2. The third-order valence-electron chi connectivity index (χ3n) is 5.37. The Hall–Kier alpha value is -2.47. The van der Waals surface area contributed by atoms with E-state index in [2.05, 4.69) is 20.2 Å². The lowest BCUT2D eigenvalue weighted by Crippen LogP contribution is -2.47. The van der Waals surface area contributed by atoms with Crippen LogP contribution >= 0.6 is 34.7 Å². The van der Waals surface area contributed by atoms with Crippen molar-refractivity contribution in [2.75, 3.05) is 37.7 Å². The van der Waals surface area contributed by atoms with Crippen LogP contribution in [0.2, 0.25) is 5.02 Å². The highest BCUT2D eigenvalue weighted by molar-refractivity contribution is 7.99. The van der Waals surface area contributed by atoms with Gasteiger partial charge in [-0.15, -0.1) is 11.3 Å². The van der Waals surface area contributed by atoms with Crippen molar-refractivity contribution < 1.29 is 23.8 Å². The van der Waals surface area contributed by atoms with E-state index in [1.165, 1.54) is 23.5 Å². The third kappa shape index (κ3) is 8.58. The van der Waals surface area contributed by atoms with Gasteiger partial charge in [-0.2, -0.15) is 11.8 Å². The molecule has 2 N–H and O–H groups in total. The third-order valence-corrected chi connectivity index (χ3v) is 7.48. The minimum Gasteiger partial charge on any atom is -0.481 e. The molecule has 194 valence electrons. The highest BCUT2D eigenvalue weighted by Gasteiger charge is 2.29. The second kappa shape index (κ2) is 14.3. The van der Waals surface area contributed by atoms with E-state index < -0.39 is 5.97 Å². The molecule has 1 aromatic carbocycles. The van der Waals surface area contributed by atoms with E-state index in [0.29, 0.717) is 36.0 Å². The number of aliphatic imine (C=N–C) groups is 1. The van der Waals surface area contributed by atoms with Crippen LogP contribution in [-0.2, 0) is 14.3 Å². The van der Waals surface area contributed by atoms with Crippen LogP contribution in [0.1, 0.15) is 24.8 Å². The molecule has 0 saturated carbocycles. The van der Waals surface area contributed by atoms with Gasteiger partial charge in [-0.05, 0) is 31.5 Å². The quantitative estimate of drug-likeness (QED) is 0.471. The second-order valence-electron chi connectivity index (χ2n) is 7.88. The lowest BCUT2D eigenvalue weighted by Gasteiger charge is -2.36. The number of nitrogens with one attached hydrogen (secondary N) is 1. The molecule has 2 aromatic rings. The van der Waals surface area contributed by atoms with Crippen molar-refractivity contribution in [3.63, 3.8) is 0 Å². The van der Waals surface area contributed by atoms with Crippen LogP contribution in [0.4, 0.5) is 4.39 Å². The van der Waals surface area contributed by atoms with Crippen molar-refractivity contribution >= 4 is 52.5 Å². The van der Waals surface area contributed by atoms with Crippen LogP contribution in [0.5, 0.6) is 0 Å². The van der Waals surface area contributed by atoms with Gasteiger partial charge < -0.3 is 15.2 Å². The van der Waals surface area contributed by atoms with Crippen LogP contribution in [-0.4, -0.2) is 76.6 Å². The summed E-state index contributed by atoms with van der Waals surface area (Å²) in [5.41, 5.74) is 1.29. The number of thiazole rings is 1. The van der Waals surface area contributed by atoms with Crippen molar-refractivity contribution in [3.05, 3.63) is 63.0 Å². The monoisotopic (exact) mass is 554 g/mol. The average molecular weight is 555 g/mol. The molecule has 0 spiro atoms. The van der Waals surface area contributed by atoms with Gasteiger partial charge in [0, 0.05) is 59.4 Å². The number of carbonyl (C=O) groups excluding carboxylic acids is 1. The van der Waals surface area contributed by atoms with Gasteiger partial charge in [0.2, 0.25) is 0 Å². The number of esters is 1. The molecular weight excluding hydrogens is 527 g/mol. The first-order chi connectivity index (χ1) is 17.4. The Morgan fingerprint density at radius 2 is 2.22 bits per heavy atom. The summed E-state index contributed by atoms with van der Waals surface area (Å²) in [6.07, 6.45) is 2.46. The summed E-state index contributed by atoms with van der Waals surface area (Å²) in [6, 6.07) is 5.98. The first-order valence-corrected chi connectivity index (χ1v) is 13.8. The van der Waals surface area contributed by atoms with Crippen molar-refractivity contribution in [1.29, 1.82) is 0 Å². The molecule has 3 heterocycles. The fourth-order valence-corrected chi connectivity index (χ4v) is 5.59. The Bertz CT molecular complexity index is 1080. The van der Waals surface area contributed by atoms with Gasteiger partial charge in [0.1, 0.15) is 5.82 Å². The number of nitrogens with zero attached hydrogens (tertiary/aromatic N) is 3. The first kappa shape index (κ1) is 28.1. The van der Waals surface area contributed by atoms with Gasteiger partial charge in [-0.1, -0.05) is 17.7 Å². The zero-order valence-corrected chi connectivity index (χ0v) is 22.2. The molecule has 1 aromatic heterocycles. The van der Waals surface area contributed by atoms with Crippen LogP contribution in [0.3, 0.4) is 0 Å². The average Bonchev–Trinajstić information content (AvgIpc) is 3.39. The smallest absolute Gasteiger partial charge is 0.337 e. The number of carboxylic acid groups (broad SMARTS) is 1. The number of carbonyl (C=O) groups is 2. The van der Waals surface area contributed by atoms with Crippen molar-refractivity contribution in [1.82, 2.24) is 15.2 Å². The zero-order valence-electron chi connectivity index (χ0n) is 19.8. The van der Waals surface area contributed by atoms with Crippen molar-refractivity contribution in [2.45, 2.75) is 25.8 Å². The van der Waals surface area contributed by atoms with E-state index >= 15 is 0 Å². The van der Waals surface area contributed by atoms with E-state index in [1.807, 2.05) is 17.1 Å². The Balaban J connectivity index is 0.000000383. The summed E-state index contributed by atoms with van der Waals surface area (Å²) in [5.74, 6) is 1.10. The van der Waals surface area contributed by atoms with Gasteiger partial charge in [-0.3, -0.25) is 14.7 Å². The number of hydrogen-bond acceptors (Lipinski definition) is 9. The standard InChI is InChI=1S/C18H24N4O4S2.C6H4ClF/c1-2-26-18(25)13-9-20-16(17-19-5-7-28-17)21-14(13)10-22-6-8-27-11-12(22)3-4-15(23)24;7-5-2-1-3-6(8)4-5/h5,7,12H,2-4,6,8-11H2,1H3,(H,20,21)(H,23,24);1-4H. The normalized spacial score (nSPS) is 18.0.